The first-order valence-electron chi connectivity index (χ1n) is 4.05. The normalized spacial score (nSPS) is 48.7. The number of nitriles is 1. The van der Waals surface area contributed by atoms with E-state index >= 15 is 0 Å². The lowest BCUT2D eigenvalue weighted by atomic mass is 9.77. The van der Waals surface area contributed by atoms with Gasteiger partial charge in [-0.05, 0) is 12.8 Å². The van der Waals surface area contributed by atoms with Crippen molar-refractivity contribution in [2.45, 2.75) is 18.5 Å². The molecule has 3 fully saturated rings. The summed E-state index contributed by atoms with van der Waals surface area (Å²) >= 11 is 0. The molecule has 3 rings (SSSR count). The number of alkyl halides is 1. The van der Waals surface area contributed by atoms with Crippen LogP contribution in [0, 0.1) is 17.2 Å². The maximum Gasteiger partial charge on any atom is 0.130 e. The second kappa shape index (κ2) is 2.18. The Morgan fingerprint density at radius 3 is 2.45 bits per heavy atom. The Morgan fingerprint density at radius 1 is 1.45 bits per heavy atom. The smallest absolute Gasteiger partial charge is 0.130 e. The maximum absolute atomic E-state index is 13.8. The lowest BCUT2D eigenvalue weighted by Crippen LogP contribution is -2.55. The Morgan fingerprint density at radius 2 is 2.09 bits per heavy atom. The summed E-state index contributed by atoms with van der Waals surface area (Å²) in [6.45, 7) is 2.33. The molecule has 60 valence electrons. The van der Waals surface area contributed by atoms with Gasteiger partial charge in [0, 0.05) is 19.6 Å². The van der Waals surface area contributed by atoms with Crippen LogP contribution in [-0.2, 0) is 0 Å². The molecule has 3 heteroatoms. The number of fused-ring (bicyclic) bond motifs is 3. The van der Waals surface area contributed by atoms with Crippen LogP contribution in [0.4, 0.5) is 4.39 Å². The zero-order valence-corrected chi connectivity index (χ0v) is 6.39. The zero-order valence-electron chi connectivity index (χ0n) is 6.39. The predicted molar refractivity (Wildman–Crippen MR) is 38.6 cm³/mol. The molecule has 1 atom stereocenters. The second-order valence-electron chi connectivity index (χ2n) is 3.52. The SMILES string of the molecule is N#CC1CN2CCC1(F)CC2. The highest BCUT2D eigenvalue weighted by molar-refractivity contribution is 5.07. The molecule has 0 aromatic rings. The van der Waals surface area contributed by atoms with Gasteiger partial charge in [0.1, 0.15) is 5.67 Å². The molecule has 0 amide bonds. The lowest BCUT2D eigenvalue weighted by Gasteiger charge is -2.46. The van der Waals surface area contributed by atoms with Crippen LogP contribution in [0.2, 0.25) is 0 Å². The summed E-state index contributed by atoms with van der Waals surface area (Å²) < 4.78 is 13.8. The van der Waals surface area contributed by atoms with Gasteiger partial charge in [-0.15, -0.1) is 0 Å². The van der Waals surface area contributed by atoms with E-state index < -0.39 is 5.67 Å². The van der Waals surface area contributed by atoms with Gasteiger partial charge in [-0.1, -0.05) is 0 Å². The first kappa shape index (κ1) is 7.05. The number of hydrogen-bond donors (Lipinski definition) is 0. The molecule has 2 nitrogen and oxygen atoms in total. The van der Waals surface area contributed by atoms with Crippen LogP contribution in [0.25, 0.3) is 0 Å². The standard InChI is InChI=1S/C8H11FN2/c9-8-1-3-11(4-2-8)6-7(8)5-10/h7H,1-4,6H2. The number of piperidine rings is 3. The van der Waals surface area contributed by atoms with E-state index in [0.29, 0.717) is 19.4 Å². The highest BCUT2D eigenvalue weighted by atomic mass is 19.1. The van der Waals surface area contributed by atoms with Crippen molar-refractivity contribution in [1.29, 1.82) is 5.26 Å². The summed E-state index contributed by atoms with van der Waals surface area (Å²) in [5, 5.41) is 8.66. The molecule has 11 heavy (non-hydrogen) atoms. The molecule has 0 saturated carbocycles. The van der Waals surface area contributed by atoms with Crippen LogP contribution in [0.1, 0.15) is 12.8 Å². The third kappa shape index (κ3) is 0.935. The number of nitrogens with zero attached hydrogens (tertiary/aromatic N) is 2. The van der Waals surface area contributed by atoms with Gasteiger partial charge < -0.3 is 4.90 Å². The molecular weight excluding hydrogens is 143 g/mol. The highest BCUT2D eigenvalue weighted by Gasteiger charge is 2.47. The highest BCUT2D eigenvalue weighted by Crippen LogP contribution is 2.39. The monoisotopic (exact) mass is 154 g/mol. The van der Waals surface area contributed by atoms with Crippen LogP contribution in [0.3, 0.4) is 0 Å². The van der Waals surface area contributed by atoms with Crippen molar-refractivity contribution in [2.24, 2.45) is 5.92 Å². The largest absolute Gasteiger partial charge is 0.302 e. The Kier molecular flexibility index (Phi) is 1.40. The van der Waals surface area contributed by atoms with E-state index in [0.717, 1.165) is 13.1 Å². The molecule has 1 unspecified atom stereocenters. The average molecular weight is 154 g/mol. The first-order chi connectivity index (χ1) is 5.24. The van der Waals surface area contributed by atoms with Gasteiger partial charge in [0.25, 0.3) is 0 Å². The van der Waals surface area contributed by atoms with Crippen LogP contribution in [0.15, 0.2) is 0 Å². The van der Waals surface area contributed by atoms with Gasteiger partial charge in [0.15, 0.2) is 0 Å². The van der Waals surface area contributed by atoms with Crippen molar-refractivity contribution in [3.05, 3.63) is 0 Å². The van der Waals surface area contributed by atoms with Crippen LogP contribution >= 0.6 is 0 Å². The summed E-state index contributed by atoms with van der Waals surface area (Å²) in [7, 11) is 0. The summed E-state index contributed by atoms with van der Waals surface area (Å²) in [6, 6.07) is 2.06. The molecule has 0 spiro atoms. The van der Waals surface area contributed by atoms with Crippen LogP contribution < -0.4 is 0 Å². The van der Waals surface area contributed by atoms with E-state index in [-0.39, 0.29) is 5.92 Å². The summed E-state index contributed by atoms with van der Waals surface area (Å²) in [6.07, 6.45) is 1.12. The van der Waals surface area contributed by atoms with Crippen molar-refractivity contribution >= 4 is 0 Å². The third-order valence-corrected chi connectivity index (χ3v) is 2.91. The van der Waals surface area contributed by atoms with Crippen molar-refractivity contribution in [3.8, 4) is 6.07 Å². The average Bonchev–Trinajstić information content (AvgIpc) is 2.05. The summed E-state index contributed by atoms with van der Waals surface area (Å²) in [5.41, 5.74) is -1.15. The minimum absolute atomic E-state index is 0.370. The number of rotatable bonds is 0. The molecule has 0 aromatic carbocycles. The maximum atomic E-state index is 13.8. The van der Waals surface area contributed by atoms with E-state index in [2.05, 4.69) is 11.0 Å². The molecule has 2 bridgehead atoms. The molecule has 0 radical (unpaired) electrons. The van der Waals surface area contributed by atoms with Gasteiger partial charge in [-0.3, -0.25) is 0 Å². The van der Waals surface area contributed by atoms with Crippen molar-refractivity contribution in [3.63, 3.8) is 0 Å². The Hall–Kier alpha value is -0.620. The second-order valence-corrected chi connectivity index (χ2v) is 3.52. The van der Waals surface area contributed by atoms with E-state index in [4.69, 9.17) is 5.26 Å². The van der Waals surface area contributed by atoms with Gasteiger partial charge in [-0.2, -0.15) is 5.26 Å². The van der Waals surface area contributed by atoms with E-state index in [9.17, 15) is 4.39 Å². The molecule has 3 saturated heterocycles. The van der Waals surface area contributed by atoms with Gasteiger partial charge >= 0.3 is 0 Å². The minimum Gasteiger partial charge on any atom is -0.302 e. The molecule has 3 aliphatic rings. The van der Waals surface area contributed by atoms with Gasteiger partial charge in [-0.25, -0.2) is 4.39 Å². The quantitative estimate of drug-likeness (QED) is 0.519. The molecule has 0 aliphatic carbocycles. The third-order valence-electron chi connectivity index (χ3n) is 2.91. The molecular formula is C8H11FN2. The van der Waals surface area contributed by atoms with Crippen LogP contribution in [0.5, 0.6) is 0 Å². The fourth-order valence-electron chi connectivity index (χ4n) is 2.03. The van der Waals surface area contributed by atoms with E-state index in [1.165, 1.54) is 0 Å². The summed E-state index contributed by atoms with van der Waals surface area (Å²) in [4.78, 5) is 2.18. The van der Waals surface area contributed by atoms with Crippen molar-refractivity contribution in [1.82, 2.24) is 4.90 Å². The van der Waals surface area contributed by atoms with Crippen LogP contribution in [-0.4, -0.2) is 30.2 Å². The number of hydrogen-bond acceptors (Lipinski definition) is 2. The Labute approximate surface area is 65.6 Å². The predicted octanol–water partition coefficient (Wildman–Crippen LogP) is 0.944. The zero-order chi connectivity index (χ0) is 7.90. The van der Waals surface area contributed by atoms with E-state index in [1.807, 2.05) is 0 Å². The Bertz CT molecular complexity index is 201. The van der Waals surface area contributed by atoms with Crippen molar-refractivity contribution < 1.29 is 4.39 Å². The molecule has 3 heterocycles. The first-order valence-corrected chi connectivity index (χ1v) is 4.05. The number of halogens is 1. The van der Waals surface area contributed by atoms with E-state index in [1.54, 1.807) is 0 Å². The fourth-order valence-corrected chi connectivity index (χ4v) is 2.03. The summed E-state index contributed by atoms with van der Waals surface area (Å²) in [5.74, 6) is -0.370. The lowest BCUT2D eigenvalue weighted by molar-refractivity contribution is -0.0378. The van der Waals surface area contributed by atoms with Gasteiger partial charge in [0.2, 0.25) is 0 Å². The molecule has 3 aliphatic heterocycles. The fraction of sp³-hybridized carbons (Fsp3) is 0.875. The topological polar surface area (TPSA) is 27.0 Å². The van der Waals surface area contributed by atoms with Gasteiger partial charge in [0.05, 0.1) is 12.0 Å². The minimum atomic E-state index is -1.15. The molecule has 0 aromatic heterocycles. The Balaban J connectivity index is 2.21. The molecule has 0 N–H and O–H groups in total. The van der Waals surface area contributed by atoms with Crippen molar-refractivity contribution in [2.75, 3.05) is 19.6 Å².